The topological polar surface area (TPSA) is 89.0 Å². The summed E-state index contributed by atoms with van der Waals surface area (Å²) in [6, 6.07) is 15.1. The van der Waals surface area contributed by atoms with Crippen molar-refractivity contribution in [2.75, 3.05) is 12.0 Å². The number of rotatable bonds is 4. The number of aliphatic hydroxyl groups is 1. The molecule has 2 aliphatic rings. The summed E-state index contributed by atoms with van der Waals surface area (Å²) in [6.45, 7) is 1.94. The van der Waals surface area contributed by atoms with Gasteiger partial charge in [-0.2, -0.15) is 0 Å². The third kappa shape index (κ3) is 3.74. The Morgan fingerprint density at radius 2 is 1.97 bits per heavy atom. The Kier molecular flexibility index (Phi) is 5.45. The number of ether oxygens (including phenoxy) is 2. The highest BCUT2D eigenvalue weighted by atomic mass is 32.1. The average Bonchev–Trinajstić information content (AvgIpc) is 3.55. The first-order valence-corrected chi connectivity index (χ1v) is 12.5. The van der Waals surface area contributed by atoms with Crippen molar-refractivity contribution in [3.63, 3.8) is 0 Å². The first-order chi connectivity index (χ1) is 17.9. The number of thiazole rings is 1. The van der Waals surface area contributed by atoms with Crippen molar-refractivity contribution in [2.45, 2.75) is 25.5 Å². The number of ketones is 1. The van der Waals surface area contributed by atoms with Crippen LogP contribution in [0.5, 0.6) is 11.5 Å². The lowest BCUT2D eigenvalue weighted by Gasteiger charge is -2.23. The van der Waals surface area contributed by atoms with E-state index in [-0.39, 0.29) is 28.1 Å². The van der Waals surface area contributed by atoms with Gasteiger partial charge in [0.2, 0.25) is 0 Å². The van der Waals surface area contributed by atoms with Crippen molar-refractivity contribution in [1.29, 1.82) is 0 Å². The molecule has 186 valence electrons. The van der Waals surface area contributed by atoms with E-state index in [4.69, 9.17) is 9.47 Å². The molecule has 0 bridgehead atoms. The van der Waals surface area contributed by atoms with E-state index in [1.165, 1.54) is 34.4 Å². The monoisotopic (exact) mass is 516 g/mol. The molecule has 2 atom stereocenters. The van der Waals surface area contributed by atoms with Crippen LogP contribution in [0.1, 0.15) is 29.7 Å². The molecule has 1 saturated heterocycles. The van der Waals surface area contributed by atoms with Crippen LogP contribution in [0.4, 0.5) is 9.52 Å². The molecule has 1 aromatic heterocycles. The Labute approximate surface area is 215 Å². The van der Waals surface area contributed by atoms with Gasteiger partial charge in [0, 0.05) is 17.5 Å². The van der Waals surface area contributed by atoms with E-state index < -0.39 is 23.5 Å². The van der Waals surface area contributed by atoms with Crippen LogP contribution in [0.15, 0.2) is 66.2 Å². The number of methoxy groups -OCH3 is 1. The quantitative estimate of drug-likeness (QED) is 0.222. The predicted octanol–water partition coefficient (Wildman–Crippen LogP) is 5.39. The van der Waals surface area contributed by atoms with Crippen molar-refractivity contribution < 1.29 is 28.6 Å². The summed E-state index contributed by atoms with van der Waals surface area (Å²) in [4.78, 5) is 32.5. The van der Waals surface area contributed by atoms with E-state index in [9.17, 15) is 14.7 Å². The van der Waals surface area contributed by atoms with Crippen molar-refractivity contribution in [1.82, 2.24) is 4.98 Å². The first kappa shape index (κ1) is 23.2. The largest absolute Gasteiger partial charge is 0.507 e. The van der Waals surface area contributed by atoms with Gasteiger partial charge in [-0.3, -0.25) is 14.5 Å². The van der Waals surface area contributed by atoms with Gasteiger partial charge < -0.3 is 14.6 Å². The van der Waals surface area contributed by atoms with Gasteiger partial charge in [0.1, 0.15) is 35.2 Å². The number of anilines is 1. The van der Waals surface area contributed by atoms with Gasteiger partial charge in [0.15, 0.2) is 5.13 Å². The number of Topliss-reactive ketones (excluding diaryl/α,β-unsaturated/α-hetero) is 1. The van der Waals surface area contributed by atoms with Gasteiger partial charge in [-0.15, -0.1) is 0 Å². The van der Waals surface area contributed by atoms with Crippen LogP contribution < -0.4 is 14.4 Å². The SMILES string of the molecule is COc1ccc2nc(N3C(=O)C(=O)C(=C(O)c4ccc5c(c4)CC(C)O5)C3c3ccccc3F)sc2c1. The van der Waals surface area contributed by atoms with E-state index in [0.29, 0.717) is 29.0 Å². The van der Waals surface area contributed by atoms with E-state index in [1.807, 2.05) is 6.92 Å². The molecule has 3 heterocycles. The lowest BCUT2D eigenvalue weighted by Crippen LogP contribution is -2.29. The van der Waals surface area contributed by atoms with Crippen LogP contribution in [0.25, 0.3) is 16.0 Å². The molecule has 0 aliphatic carbocycles. The highest BCUT2D eigenvalue weighted by molar-refractivity contribution is 7.22. The van der Waals surface area contributed by atoms with Crippen molar-refractivity contribution in [3.8, 4) is 11.5 Å². The summed E-state index contributed by atoms with van der Waals surface area (Å²) in [5.41, 5.74) is 1.72. The van der Waals surface area contributed by atoms with Crippen LogP contribution in [-0.4, -0.2) is 35.0 Å². The standard InChI is InChI=1S/C28H21FN2O5S/c1-14-11-16-12-15(7-10-21(16)36-14)25(32)23-24(18-5-3-4-6-19(18)29)31(27(34)26(23)33)28-30-20-9-8-17(35-2)13-22(20)37-28/h3-10,12-14,24,32H,11H2,1-2H3. The summed E-state index contributed by atoms with van der Waals surface area (Å²) in [5.74, 6) is -1.46. The number of carbonyl (C=O) groups excluding carboxylic acids is 2. The number of aliphatic hydroxyl groups excluding tert-OH is 1. The number of hydrogen-bond acceptors (Lipinski definition) is 7. The Morgan fingerprint density at radius 1 is 1.16 bits per heavy atom. The zero-order valence-electron chi connectivity index (χ0n) is 19.9. The van der Waals surface area contributed by atoms with Crippen LogP contribution in [-0.2, 0) is 16.0 Å². The lowest BCUT2D eigenvalue weighted by molar-refractivity contribution is -0.132. The third-order valence-corrected chi connectivity index (χ3v) is 7.62. The van der Waals surface area contributed by atoms with Crippen molar-refractivity contribution in [3.05, 3.63) is 88.7 Å². The highest BCUT2D eigenvalue weighted by Crippen LogP contribution is 2.45. The van der Waals surface area contributed by atoms with Gasteiger partial charge >= 0.3 is 5.91 Å². The Morgan fingerprint density at radius 3 is 2.76 bits per heavy atom. The molecule has 6 rings (SSSR count). The number of amides is 1. The fraction of sp³-hybridized carbons (Fsp3) is 0.179. The minimum absolute atomic E-state index is 0.00551. The molecular weight excluding hydrogens is 495 g/mol. The molecule has 9 heteroatoms. The molecule has 0 saturated carbocycles. The summed E-state index contributed by atoms with van der Waals surface area (Å²) in [7, 11) is 1.55. The maximum absolute atomic E-state index is 15.1. The molecule has 4 aromatic rings. The van der Waals surface area contributed by atoms with E-state index >= 15 is 4.39 Å². The summed E-state index contributed by atoms with van der Waals surface area (Å²) in [5, 5.41) is 11.6. The molecular formula is C28H21FN2O5S. The molecule has 1 amide bonds. The minimum atomic E-state index is -1.20. The number of aromatic nitrogens is 1. The molecule has 1 N–H and O–H groups in total. The fourth-order valence-electron chi connectivity index (χ4n) is 4.87. The number of halogens is 1. The summed E-state index contributed by atoms with van der Waals surface area (Å²) >= 11 is 1.18. The molecule has 0 radical (unpaired) electrons. The summed E-state index contributed by atoms with van der Waals surface area (Å²) in [6.07, 6.45) is 0.644. The van der Waals surface area contributed by atoms with Gasteiger partial charge in [0.05, 0.1) is 22.9 Å². The molecule has 3 aromatic carbocycles. The predicted molar refractivity (Wildman–Crippen MR) is 138 cm³/mol. The van der Waals surface area contributed by atoms with Gasteiger partial charge in [-0.1, -0.05) is 29.5 Å². The number of carbonyl (C=O) groups is 2. The molecule has 1 fully saturated rings. The second-order valence-corrected chi connectivity index (χ2v) is 9.98. The highest BCUT2D eigenvalue weighted by Gasteiger charge is 2.49. The number of fused-ring (bicyclic) bond motifs is 2. The Hall–Kier alpha value is -4.24. The summed E-state index contributed by atoms with van der Waals surface area (Å²) < 4.78 is 26.9. The smallest absolute Gasteiger partial charge is 0.301 e. The average molecular weight is 517 g/mol. The number of hydrogen-bond donors (Lipinski definition) is 1. The second kappa shape index (κ2) is 8.70. The van der Waals surface area contributed by atoms with E-state index in [0.717, 1.165) is 10.3 Å². The molecule has 2 aliphatic heterocycles. The number of benzene rings is 3. The second-order valence-electron chi connectivity index (χ2n) is 8.98. The van der Waals surface area contributed by atoms with Gasteiger partial charge in [-0.25, -0.2) is 9.37 Å². The van der Waals surface area contributed by atoms with Gasteiger partial charge in [-0.05, 0) is 55.0 Å². The van der Waals surface area contributed by atoms with Crippen LogP contribution in [0.2, 0.25) is 0 Å². The lowest BCUT2D eigenvalue weighted by atomic mass is 9.94. The van der Waals surface area contributed by atoms with Crippen LogP contribution in [0, 0.1) is 5.82 Å². The molecule has 2 unspecified atom stereocenters. The van der Waals surface area contributed by atoms with Crippen molar-refractivity contribution in [2.24, 2.45) is 0 Å². The molecule has 0 spiro atoms. The maximum atomic E-state index is 15.1. The normalized spacial score (nSPS) is 20.4. The third-order valence-electron chi connectivity index (χ3n) is 6.60. The molecule has 7 nitrogen and oxygen atoms in total. The van der Waals surface area contributed by atoms with Crippen LogP contribution in [0.3, 0.4) is 0 Å². The maximum Gasteiger partial charge on any atom is 0.301 e. The molecule has 37 heavy (non-hydrogen) atoms. The Bertz CT molecular complexity index is 1630. The zero-order chi connectivity index (χ0) is 25.8. The number of nitrogens with zero attached hydrogens (tertiary/aromatic N) is 2. The first-order valence-electron chi connectivity index (χ1n) is 11.7. The zero-order valence-corrected chi connectivity index (χ0v) is 20.7. The van der Waals surface area contributed by atoms with Crippen molar-refractivity contribution >= 4 is 44.1 Å². The van der Waals surface area contributed by atoms with E-state index in [2.05, 4.69) is 4.98 Å². The Balaban J connectivity index is 1.54. The van der Waals surface area contributed by atoms with E-state index in [1.54, 1.807) is 49.6 Å². The fourth-order valence-corrected chi connectivity index (χ4v) is 5.89. The minimum Gasteiger partial charge on any atom is -0.507 e. The van der Waals surface area contributed by atoms with Gasteiger partial charge in [0.25, 0.3) is 5.78 Å². The van der Waals surface area contributed by atoms with Crippen LogP contribution >= 0.6 is 11.3 Å².